The van der Waals surface area contributed by atoms with Crippen molar-refractivity contribution in [2.45, 2.75) is 37.9 Å². The molecule has 0 aromatic heterocycles. The first-order valence-corrected chi connectivity index (χ1v) is 4.74. The molecule has 2 fully saturated rings. The third-order valence-electron chi connectivity index (χ3n) is 3.43. The molecule has 0 amide bonds. The number of fused-ring (bicyclic) bond motifs is 2. The van der Waals surface area contributed by atoms with Crippen LogP contribution >= 0.6 is 0 Å². The fourth-order valence-corrected chi connectivity index (χ4v) is 2.94. The van der Waals surface area contributed by atoms with E-state index in [1.165, 1.54) is 25.7 Å². The third kappa shape index (κ3) is 0.871. The van der Waals surface area contributed by atoms with Crippen LogP contribution in [0, 0.1) is 11.8 Å². The highest BCUT2D eigenvalue weighted by Gasteiger charge is 2.41. The van der Waals surface area contributed by atoms with Crippen LogP contribution in [0.5, 0.6) is 0 Å². The summed E-state index contributed by atoms with van der Waals surface area (Å²) in [4.78, 5) is 0. The maximum absolute atomic E-state index is 5.91. The smallest absolute Gasteiger partial charge is 0.0762 e. The zero-order chi connectivity index (χ0) is 7.26. The van der Waals surface area contributed by atoms with Crippen molar-refractivity contribution in [1.82, 2.24) is 0 Å². The van der Waals surface area contributed by atoms with Crippen LogP contribution in [0.4, 0.5) is 0 Å². The fraction of sp³-hybridized carbons (Fsp3) is 0.800. The molecule has 0 aromatic rings. The molecular weight excluding hydrogens is 136 g/mol. The Bertz CT molecular complexity index is 197. The van der Waals surface area contributed by atoms with Gasteiger partial charge in [-0.2, -0.15) is 0 Å². The molecule has 4 unspecified atom stereocenters. The van der Waals surface area contributed by atoms with Gasteiger partial charge in [-0.05, 0) is 37.5 Å². The molecule has 0 aromatic carbocycles. The highest BCUT2D eigenvalue weighted by Crippen LogP contribution is 2.45. The van der Waals surface area contributed by atoms with Crippen LogP contribution in [0.3, 0.4) is 0 Å². The lowest BCUT2D eigenvalue weighted by Gasteiger charge is -2.26. The lowest BCUT2D eigenvalue weighted by Crippen LogP contribution is -2.26. The molecule has 1 heteroatoms. The van der Waals surface area contributed by atoms with Gasteiger partial charge in [0.05, 0.1) is 12.2 Å². The minimum Gasteiger partial charge on any atom is -0.371 e. The summed E-state index contributed by atoms with van der Waals surface area (Å²) in [5, 5.41) is 0. The van der Waals surface area contributed by atoms with Crippen LogP contribution in [0.2, 0.25) is 0 Å². The summed E-state index contributed by atoms with van der Waals surface area (Å²) in [6.07, 6.45) is 11.1. The Hall–Kier alpha value is -0.300. The summed E-state index contributed by atoms with van der Waals surface area (Å²) < 4.78 is 5.91. The van der Waals surface area contributed by atoms with Crippen molar-refractivity contribution < 1.29 is 4.74 Å². The molecule has 60 valence electrons. The Morgan fingerprint density at radius 3 is 3.18 bits per heavy atom. The van der Waals surface area contributed by atoms with Crippen LogP contribution in [0.15, 0.2) is 12.2 Å². The molecule has 1 aliphatic carbocycles. The predicted octanol–water partition coefficient (Wildman–Crippen LogP) is 2.13. The molecule has 3 aliphatic rings. The van der Waals surface area contributed by atoms with E-state index >= 15 is 0 Å². The summed E-state index contributed by atoms with van der Waals surface area (Å²) in [5.41, 5.74) is 0. The van der Waals surface area contributed by atoms with Gasteiger partial charge in [0, 0.05) is 0 Å². The third-order valence-corrected chi connectivity index (χ3v) is 3.43. The van der Waals surface area contributed by atoms with E-state index in [2.05, 4.69) is 12.2 Å². The Morgan fingerprint density at radius 1 is 1.18 bits per heavy atom. The first-order valence-electron chi connectivity index (χ1n) is 4.74. The minimum atomic E-state index is 0.478. The van der Waals surface area contributed by atoms with Crippen LogP contribution in [-0.2, 0) is 4.74 Å². The van der Waals surface area contributed by atoms with Gasteiger partial charge >= 0.3 is 0 Å². The number of hydrogen-bond donors (Lipinski definition) is 0. The molecular formula is C10H14O. The van der Waals surface area contributed by atoms with Crippen molar-refractivity contribution in [3.63, 3.8) is 0 Å². The molecule has 0 spiro atoms. The topological polar surface area (TPSA) is 9.23 Å². The monoisotopic (exact) mass is 150 g/mol. The van der Waals surface area contributed by atoms with Gasteiger partial charge in [-0.15, -0.1) is 0 Å². The predicted molar refractivity (Wildman–Crippen MR) is 43.2 cm³/mol. The molecule has 1 saturated heterocycles. The quantitative estimate of drug-likeness (QED) is 0.481. The summed E-state index contributed by atoms with van der Waals surface area (Å²) in [6, 6.07) is 0. The second kappa shape index (κ2) is 2.10. The standard InChI is InChI=1S/C10H14O/c1-2-8-4-7-5-9(3-1)11-10(8)6-7/h1,3,7-10H,2,4-6H2. The Kier molecular flexibility index (Phi) is 1.19. The molecule has 3 bridgehead atoms. The molecule has 1 saturated carbocycles. The van der Waals surface area contributed by atoms with Crippen LogP contribution < -0.4 is 0 Å². The largest absolute Gasteiger partial charge is 0.371 e. The van der Waals surface area contributed by atoms with Crippen molar-refractivity contribution in [3.8, 4) is 0 Å². The molecule has 11 heavy (non-hydrogen) atoms. The summed E-state index contributed by atoms with van der Waals surface area (Å²) >= 11 is 0. The van der Waals surface area contributed by atoms with Crippen LogP contribution in [0.1, 0.15) is 25.7 Å². The Morgan fingerprint density at radius 2 is 2.18 bits per heavy atom. The number of ether oxygens (including phenoxy) is 1. The first kappa shape index (κ1) is 6.24. The highest BCUT2D eigenvalue weighted by molar-refractivity contribution is 5.04. The van der Waals surface area contributed by atoms with Crippen molar-refractivity contribution in [2.24, 2.45) is 11.8 Å². The zero-order valence-corrected chi connectivity index (χ0v) is 6.70. The van der Waals surface area contributed by atoms with Crippen molar-refractivity contribution in [1.29, 1.82) is 0 Å². The van der Waals surface area contributed by atoms with E-state index in [0.29, 0.717) is 12.2 Å². The molecule has 0 radical (unpaired) electrons. The molecule has 4 atom stereocenters. The van der Waals surface area contributed by atoms with E-state index < -0.39 is 0 Å². The van der Waals surface area contributed by atoms with Gasteiger partial charge in [0.1, 0.15) is 0 Å². The Labute approximate surface area is 67.4 Å². The SMILES string of the molecule is C1=CC2CC3CC(C1)C(C3)O2. The van der Waals surface area contributed by atoms with E-state index in [1.807, 2.05) is 0 Å². The second-order valence-electron chi connectivity index (χ2n) is 4.21. The highest BCUT2D eigenvalue weighted by atomic mass is 16.5. The average molecular weight is 150 g/mol. The lowest BCUT2D eigenvalue weighted by atomic mass is 9.95. The maximum atomic E-state index is 5.91. The number of hydrogen-bond acceptors (Lipinski definition) is 1. The van der Waals surface area contributed by atoms with Gasteiger partial charge < -0.3 is 4.74 Å². The van der Waals surface area contributed by atoms with E-state index in [1.54, 1.807) is 0 Å². The fourth-order valence-electron chi connectivity index (χ4n) is 2.94. The molecule has 1 nitrogen and oxygen atoms in total. The number of allylic oxidation sites excluding steroid dienone is 1. The van der Waals surface area contributed by atoms with Crippen molar-refractivity contribution in [3.05, 3.63) is 12.2 Å². The van der Waals surface area contributed by atoms with Gasteiger partial charge in [0.15, 0.2) is 0 Å². The Balaban J connectivity index is 1.96. The van der Waals surface area contributed by atoms with Gasteiger partial charge in [-0.3, -0.25) is 0 Å². The number of rotatable bonds is 0. The minimum absolute atomic E-state index is 0.478. The van der Waals surface area contributed by atoms with Gasteiger partial charge in [0.25, 0.3) is 0 Å². The molecule has 2 heterocycles. The van der Waals surface area contributed by atoms with Crippen molar-refractivity contribution >= 4 is 0 Å². The maximum Gasteiger partial charge on any atom is 0.0762 e. The summed E-state index contributed by atoms with van der Waals surface area (Å²) in [6.45, 7) is 0. The van der Waals surface area contributed by atoms with E-state index in [-0.39, 0.29) is 0 Å². The molecule has 3 rings (SSSR count). The van der Waals surface area contributed by atoms with Gasteiger partial charge in [-0.25, -0.2) is 0 Å². The van der Waals surface area contributed by atoms with E-state index in [9.17, 15) is 0 Å². The molecule has 0 N–H and O–H groups in total. The summed E-state index contributed by atoms with van der Waals surface area (Å²) in [7, 11) is 0. The first-order chi connectivity index (χ1) is 5.42. The average Bonchev–Trinajstić information content (AvgIpc) is 2.17. The van der Waals surface area contributed by atoms with Crippen LogP contribution in [0.25, 0.3) is 0 Å². The zero-order valence-electron chi connectivity index (χ0n) is 6.70. The second-order valence-corrected chi connectivity index (χ2v) is 4.21. The molecule has 2 aliphatic heterocycles. The van der Waals surface area contributed by atoms with Crippen molar-refractivity contribution in [2.75, 3.05) is 0 Å². The van der Waals surface area contributed by atoms with Crippen LogP contribution in [-0.4, -0.2) is 12.2 Å². The lowest BCUT2D eigenvalue weighted by molar-refractivity contribution is -0.0296. The van der Waals surface area contributed by atoms with Gasteiger partial charge in [-0.1, -0.05) is 12.2 Å². The normalized spacial score (nSPS) is 53.1. The van der Waals surface area contributed by atoms with Gasteiger partial charge in [0.2, 0.25) is 0 Å². The van der Waals surface area contributed by atoms with E-state index in [4.69, 9.17) is 4.74 Å². The summed E-state index contributed by atoms with van der Waals surface area (Å²) in [5.74, 6) is 1.86. The van der Waals surface area contributed by atoms with E-state index in [0.717, 1.165) is 11.8 Å².